The van der Waals surface area contributed by atoms with Gasteiger partial charge in [-0.3, -0.25) is 9.69 Å². The number of ether oxygens (including phenoxy) is 1. The first-order valence-corrected chi connectivity index (χ1v) is 9.52. The number of nitrogens with one attached hydrogen (secondary N) is 1. The lowest BCUT2D eigenvalue weighted by molar-refractivity contribution is -0.117. The van der Waals surface area contributed by atoms with Gasteiger partial charge >= 0.3 is 0 Å². The highest BCUT2D eigenvalue weighted by molar-refractivity contribution is 5.92. The summed E-state index contributed by atoms with van der Waals surface area (Å²) in [6, 6.07) is 16.5. The van der Waals surface area contributed by atoms with E-state index in [0.29, 0.717) is 0 Å². The maximum atomic E-state index is 12.5. The summed E-state index contributed by atoms with van der Waals surface area (Å²) in [5.74, 6) is -0.0746. The molecule has 1 N–H and O–H groups in total. The van der Waals surface area contributed by atoms with E-state index >= 15 is 0 Å². The first-order chi connectivity index (χ1) is 13.1. The van der Waals surface area contributed by atoms with Gasteiger partial charge in [0, 0.05) is 25.7 Å². The van der Waals surface area contributed by atoms with Crippen LogP contribution in [0.2, 0.25) is 0 Å². The molecule has 1 aliphatic heterocycles. The fourth-order valence-electron chi connectivity index (χ4n) is 3.14. The van der Waals surface area contributed by atoms with Crippen LogP contribution in [0.5, 0.6) is 0 Å². The second-order valence-corrected chi connectivity index (χ2v) is 7.13. The summed E-state index contributed by atoms with van der Waals surface area (Å²) in [4.78, 5) is 14.9. The van der Waals surface area contributed by atoms with Crippen molar-refractivity contribution in [1.29, 1.82) is 0 Å². The first kappa shape index (κ1) is 19.3. The quantitative estimate of drug-likeness (QED) is 0.798. The summed E-state index contributed by atoms with van der Waals surface area (Å²) >= 11 is 0. The van der Waals surface area contributed by atoms with E-state index in [1.54, 1.807) is 6.08 Å². The fourth-order valence-corrected chi connectivity index (χ4v) is 3.14. The highest BCUT2D eigenvalue weighted by atomic mass is 16.5. The number of carbonyl (C=O) groups is 1. The van der Waals surface area contributed by atoms with E-state index in [1.165, 1.54) is 11.1 Å². The number of morpholine rings is 1. The molecule has 1 saturated heterocycles. The van der Waals surface area contributed by atoms with Crippen molar-refractivity contribution in [1.82, 2.24) is 10.2 Å². The van der Waals surface area contributed by atoms with Gasteiger partial charge in [-0.25, -0.2) is 0 Å². The van der Waals surface area contributed by atoms with E-state index in [-0.39, 0.29) is 11.9 Å². The molecule has 27 heavy (non-hydrogen) atoms. The number of aryl methyl sites for hydroxylation is 2. The van der Waals surface area contributed by atoms with Crippen molar-refractivity contribution in [3.05, 3.63) is 76.9 Å². The Labute approximate surface area is 161 Å². The monoisotopic (exact) mass is 364 g/mol. The van der Waals surface area contributed by atoms with Crippen LogP contribution in [0.15, 0.2) is 54.6 Å². The Morgan fingerprint density at radius 3 is 2.26 bits per heavy atom. The number of hydrogen-bond donors (Lipinski definition) is 1. The second kappa shape index (κ2) is 9.49. The van der Waals surface area contributed by atoms with E-state index in [9.17, 15) is 4.79 Å². The van der Waals surface area contributed by atoms with Crippen LogP contribution in [0.25, 0.3) is 6.08 Å². The lowest BCUT2D eigenvalue weighted by Crippen LogP contribution is -2.42. The van der Waals surface area contributed by atoms with Gasteiger partial charge in [-0.1, -0.05) is 59.7 Å². The maximum Gasteiger partial charge on any atom is 0.244 e. The first-order valence-electron chi connectivity index (χ1n) is 9.52. The van der Waals surface area contributed by atoms with Crippen LogP contribution >= 0.6 is 0 Å². The van der Waals surface area contributed by atoms with Crippen LogP contribution in [0.1, 0.15) is 28.3 Å². The molecule has 1 fully saturated rings. The van der Waals surface area contributed by atoms with E-state index in [4.69, 9.17) is 4.74 Å². The zero-order valence-corrected chi connectivity index (χ0v) is 16.2. The number of rotatable bonds is 6. The Morgan fingerprint density at radius 1 is 1.04 bits per heavy atom. The van der Waals surface area contributed by atoms with Crippen molar-refractivity contribution in [3.63, 3.8) is 0 Å². The van der Waals surface area contributed by atoms with E-state index in [0.717, 1.165) is 44.0 Å². The van der Waals surface area contributed by atoms with Crippen molar-refractivity contribution in [2.75, 3.05) is 32.8 Å². The molecule has 0 bridgehead atoms. The van der Waals surface area contributed by atoms with Gasteiger partial charge in [-0.05, 0) is 31.1 Å². The van der Waals surface area contributed by atoms with Gasteiger partial charge in [0.05, 0.1) is 19.3 Å². The smallest absolute Gasteiger partial charge is 0.244 e. The average molecular weight is 364 g/mol. The molecule has 1 heterocycles. The molecule has 0 aliphatic carbocycles. The molecule has 0 radical (unpaired) electrons. The van der Waals surface area contributed by atoms with Crippen molar-refractivity contribution >= 4 is 12.0 Å². The molecular formula is C23H28N2O2. The lowest BCUT2D eigenvalue weighted by Gasteiger charge is -2.31. The Morgan fingerprint density at radius 2 is 1.63 bits per heavy atom. The molecule has 2 aromatic rings. The Hall–Kier alpha value is -2.43. The standard InChI is InChI=1S/C23H28N2O2/c1-18-3-7-20(8-4-18)9-12-23(26)24-22(17-25-13-15-27-16-14-25)21-10-5-19(2)6-11-21/h3-12,22H,13-17H2,1-2H3,(H,24,26)/b12-9+/t22-/m1/s1. The minimum Gasteiger partial charge on any atom is -0.379 e. The topological polar surface area (TPSA) is 41.6 Å². The third-order valence-corrected chi connectivity index (χ3v) is 4.85. The molecule has 1 atom stereocenters. The second-order valence-electron chi connectivity index (χ2n) is 7.13. The summed E-state index contributed by atoms with van der Waals surface area (Å²) in [6.07, 6.45) is 3.47. The van der Waals surface area contributed by atoms with Crippen molar-refractivity contribution in [2.24, 2.45) is 0 Å². The normalized spacial score (nSPS) is 16.4. The van der Waals surface area contributed by atoms with Gasteiger partial charge in [0.2, 0.25) is 5.91 Å². The van der Waals surface area contributed by atoms with Gasteiger partial charge < -0.3 is 10.1 Å². The van der Waals surface area contributed by atoms with Crippen LogP contribution in [0.3, 0.4) is 0 Å². The zero-order valence-electron chi connectivity index (χ0n) is 16.2. The fraction of sp³-hybridized carbons (Fsp3) is 0.348. The maximum absolute atomic E-state index is 12.5. The third kappa shape index (κ3) is 6.05. The molecule has 0 aromatic heterocycles. The SMILES string of the molecule is Cc1ccc(/C=C/C(=O)N[C@H](CN2CCOCC2)c2ccc(C)cc2)cc1. The van der Waals surface area contributed by atoms with Crippen LogP contribution in [0.4, 0.5) is 0 Å². The molecule has 142 valence electrons. The molecule has 4 heteroatoms. The summed E-state index contributed by atoms with van der Waals surface area (Å²) in [7, 11) is 0. The lowest BCUT2D eigenvalue weighted by atomic mass is 10.0. The number of hydrogen-bond acceptors (Lipinski definition) is 3. The summed E-state index contributed by atoms with van der Waals surface area (Å²) in [6.45, 7) is 8.22. The van der Waals surface area contributed by atoms with Crippen LogP contribution in [-0.2, 0) is 9.53 Å². The minimum atomic E-state index is -0.0746. The predicted octanol–water partition coefficient (Wildman–Crippen LogP) is 3.51. The largest absolute Gasteiger partial charge is 0.379 e. The van der Waals surface area contributed by atoms with Gasteiger partial charge in [0.25, 0.3) is 0 Å². The Kier molecular flexibility index (Phi) is 6.80. The van der Waals surface area contributed by atoms with Crippen molar-refractivity contribution < 1.29 is 9.53 Å². The van der Waals surface area contributed by atoms with E-state index in [1.807, 2.05) is 30.3 Å². The van der Waals surface area contributed by atoms with Gasteiger partial charge in [-0.15, -0.1) is 0 Å². The van der Waals surface area contributed by atoms with Crippen molar-refractivity contribution in [3.8, 4) is 0 Å². The van der Waals surface area contributed by atoms with Gasteiger partial charge in [0.15, 0.2) is 0 Å². The molecular weight excluding hydrogens is 336 g/mol. The highest BCUT2D eigenvalue weighted by Crippen LogP contribution is 2.17. The molecule has 3 rings (SSSR count). The minimum absolute atomic E-state index is 0.0427. The van der Waals surface area contributed by atoms with Crippen molar-refractivity contribution in [2.45, 2.75) is 19.9 Å². The molecule has 4 nitrogen and oxygen atoms in total. The van der Waals surface area contributed by atoms with Gasteiger partial charge in [0.1, 0.15) is 0 Å². The van der Waals surface area contributed by atoms with Crippen LogP contribution in [0, 0.1) is 13.8 Å². The zero-order chi connectivity index (χ0) is 19.1. The van der Waals surface area contributed by atoms with Crippen LogP contribution < -0.4 is 5.32 Å². The Balaban J connectivity index is 1.68. The van der Waals surface area contributed by atoms with Crippen LogP contribution in [-0.4, -0.2) is 43.7 Å². The molecule has 1 amide bonds. The summed E-state index contributed by atoms with van der Waals surface area (Å²) < 4.78 is 5.44. The molecule has 0 unspecified atom stereocenters. The molecule has 2 aromatic carbocycles. The van der Waals surface area contributed by atoms with E-state index in [2.05, 4.69) is 48.3 Å². The number of amides is 1. The molecule has 1 aliphatic rings. The van der Waals surface area contributed by atoms with E-state index < -0.39 is 0 Å². The number of carbonyl (C=O) groups excluding carboxylic acids is 1. The average Bonchev–Trinajstić information content (AvgIpc) is 2.68. The summed E-state index contributed by atoms with van der Waals surface area (Å²) in [5.41, 5.74) is 4.58. The Bertz CT molecular complexity index is 760. The highest BCUT2D eigenvalue weighted by Gasteiger charge is 2.19. The third-order valence-electron chi connectivity index (χ3n) is 4.85. The number of benzene rings is 2. The molecule has 0 saturated carbocycles. The number of nitrogens with zero attached hydrogens (tertiary/aromatic N) is 1. The van der Waals surface area contributed by atoms with Gasteiger partial charge in [-0.2, -0.15) is 0 Å². The predicted molar refractivity (Wildman–Crippen MR) is 110 cm³/mol. The molecule has 0 spiro atoms. The summed E-state index contributed by atoms with van der Waals surface area (Å²) in [5, 5.41) is 3.17.